The first kappa shape index (κ1) is 20.6. The molecule has 0 atom stereocenters. The Balaban J connectivity index is 1.63. The number of ether oxygens (including phenoxy) is 1. The molecule has 0 saturated heterocycles. The smallest absolute Gasteiger partial charge is 0.249 e. The summed E-state index contributed by atoms with van der Waals surface area (Å²) < 4.78 is 5.37. The van der Waals surface area contributed by atoms with Crippen molar-refractivity contribution in [2.75, 3.05) is 12.4 Å². The summed E-state index contributed by atoms with van der Waals surface area (Å²) in [7, 11) is 1.56. The van der Waals surface area contributed by atoms with E-state index < -0.39 is 18.2 Å². The van der Waals surface area contributed by atoms with Crippen LogP contribution in [-0.2, 0) is 9.59 Å². The lowest BCUT2D eigenvalue weighted by Gasteiger charge is -2.08. The van der Waals surface area contributed by atoms with Crippen molar-refractivity contribution in [1.29, 1.82) is 0 Å². The number of methoxy groups -OCH3 is 1. The Morgan fingerprint density at radius 3 is 2.59 bits per heavy atom. The number of fused-ring (bicyclic) bond motifs is 1. The minimum absolute atomic E-state index is 0.308. The molecule has 6 nitrogen and oxygen atoms in total. The average Bonchev–Trinajstić information content (AvgIpc) is 2.70. The molecule has 3 aromatic rings. The summed E-state index contributed by atoms with van der Waals surface area (Å²) in [6, 6.07) is 16.2. The lowest BCUT2D eigenvalue weighted by molar-refractivity contribution is -0.126. The highest BCUT2D eigenvalue weighted by Crippen LogP contribution is 2.26. The van der Waals surface area contributed by atoms with Crippen LogP contribution in [0.2, 0.25) is 10.0 Å². The third kappa shape index (κ3) is 5.25. The second kappa shape index (κ2) is 9.41. The van der Waals surface area contributed by atoms with Crippen LogP contribution in [0, 0.1) is 0 Å². The Bertz CT molecular complexity index is 1100. The van der Waals surface area contributed by atoms with Gasteiger partial charge in [-0.3, -0.25) is 9.59 Å². The fourth-order valence-electron chi connectivity index (χ4n) is 2.72. The molecule has 0 bridgehead atoms. The van der Waals surface area contributed by atoms with E-state index in [4.69, 9.17) is 27.9 Å². The van der Waals surface area contributed by atoms with Crippen molar-refractivity contribution in [3.05, 3.63) is 70.2 Å². The van der Waals surface area contributed by atoms with E-state index >= 15 is 0 Å². The highest BCUT2D eigenvalue weighted by Gasteiger charge is 2.11. The summed E-state index contributed by atoms with van der Waals surface area (Å²) >= 11 is 11.7. The maximum Gasteiger partial charge on any atom is 0.249 e. The maximum absolute atomic E-state index is 12.0. The van der Waals surface area contributed by atoms with Gasteiger partial charge in [0.15, 0.2) is 0 Å². The quantitative estimate of drug-likeness (QED) is 0.340. The zero-order chi connectivity index (χ0) is 20.8. The number of hydrazone groups is 1. The minimum Gasteiger partial charge on any atom is -0.496 e. The summed E-state index contributed by atoms with van der Waals surface area (Å²) in [5.41, 5.74) is 3.52. The van der Waals surface area contributed by atoms with Gasteiger partial charge in [0.05, 0.1) is 23.4 Å². The van der Waals surface area contributed by atoms with Crippen LogP contribution in [-0.4, -0.2) is 25.1 Å². The topological polar surface area (TPSA) is 79.8 Å². The van der Waals surface area contributed by atoms with Crippen LogP contribution in [0.4, 0.5) is 5.69 Å². The first-order chi connectivity index (χ1) is 14.0. The molecule has 29 heavy (non-hydrogen) atoms. The van der Waals surface area contributed by atoms with Crippen molar-refractivity contribution in [3.8, 4) is 5.75 Å². The summed E-state index contributed by atoms with van der Waals surface area (Å²) in [5.74, 6) is -0.434. The van der Waals surface area contributed by atoms with Gasteiger partial charge in [-0.05, 0) is 35.0 Å². The van der Waals surface area contributed by atoms with Gasteiger partial charge in [0.2, 0.25) is 11.8 Å². The second-order valence-corrected chi connectivity index (χ2v) is 6.86. The van der Waals surface area contributed by atoms with E-state index in [0.29, 0.717) is 21.5 Å². The largest absolute Gasteiger partial charge is 0.496 e. The fourth-order valence-corrected chi connectivity index (χ4v) is 3.02. The number of hydrogen-bond donors (Lipinski definition) is 2. The van der Waals surface area contributed by atoms with E-state index in [1.54, 1.807) is 19.2 Å². The Hall–Kier alpha value is -3.09. The fraction of sp³-hybridized carbons (Fsp3) is 0.0952. The first-order valence-corrected chi connectivity index (χ1v) is 9.36. The molecule has 0 aromatic heterocycles. The van der Waals surface area contributed by atoms with Gasteiger partial charge < -0.3 is 10.1 Å². The highest BCUT2D eigenvalue weighted by molar-refractivity contribution is 6.42. The molecule has 8 heteroatoms. The van der Waals surface area contributed by atoms with Gasteiger partial charge in [-0.1, -0.05) is 53.5 Å². The molecule has 0 heterocycles. The van der Waals surface area contributed by atoms with Crippen LogP contribution in [0.1, 0.15) is 12.0 Å². The minimum atomic E-state index is -0.557. The first-order valence-electron chi connectivity index (χ1n) is 8.60. The van der Waals surface area contributed by atoms with Crippen molar-refractivity contribution in [3.63, 3.8) is 0 Å². The third-order valence-corrected chi connectivity index (χ3v) is 4.80. The van der Waals surface area contributed by atoms with E-state index in [1.807, 2.05) is 36.4 Å². The van der Waals surface area contributed by atoms with Crippen LogP contribution < -0.4 is 15.5 Å². The number of amides is 2. The molecule has 0 aliphatic rings. The Labute approximate surface area is 177 Å². The Morgan fingerprint density at radius 2 is 1.83 bits per heavy atom. The molecule has 0 aliphatic heterocycles. The Morgan fingerprint density at radius 1 is 1.03 bits per heavy atom. The van der Waals surface area contributed by atoms with E-state index in [0.717, 1.165) is 16.3 Å². The average molecular weight is 430 g/mol. The zero-order valence-electron chi connectivity index (χ0n) is 15.4. The van der Waals surface area contributed by atoms with E-state index in [9.17, 15) is 9.59 Å². The molecule has 0 radical (unpaired) electrons. The van der Waals surface area contributed by atoms with Crippen LogP contribution in [0.15, 0.2) is 59.7 Å². The van der Waals surface area contributed by atoms with Crippen molar-refractivity contribution in [2.24, 2.45) is 5.10 Å². The number of carbonyl (C=O) groups excluding carboxylic acids is 2. The standard InChI is InChI=1S/C21H17Cl2N3O3/c1-29-19-9-6-13-4-2-3-5-15(13)16(19)12-24-26-21(28)11-20(27)25-14-7-8-17(22)18(23)10-14/h2-10,12H,11H2,1H3,(H,25,27)(H,26,28). The number of hydrogen-bond acceptors (Lipinski definition) is 4. The van der Waals surface area contributed by atoms with Gasteiger partial charge in [-0.15, -0.1) is 0 Å². The van der Waals surface area contributed by atoms with Gasteiger partial charge in [-0.25, -0.2) is 5.43 Å². The molecule has 2 N–H and O–H groups in total. The molecule has 148 valence electrons. The number of carbonyl (C=O) groups is 2. The monoisotopic (exact) mass is 429 g/mol. The van der Waals surface area contributed by atoms with Gasteiger partial charge in [0.1, 0.15) is 12.2 Å². The highest BCUT2D eigenvalue weighted by atomic mass is 35.5. The molecular weight excluding hydrogens is 413 g/mol. The molecule has 0 spiro atoms. The predicted molar refractivity (Wildman–Crippen MR) is 116 cm³/mol. The van der Waals surface area contributed by atoms with Crippen LogP contribution >= 0.6 is 23.2 Å². The van der Waals surface area contributed by atoms with Gasteiger partial charge in [0.25, 0.3) is 0 Å². The third-order valence-electron chi connectivity index (χ3n) is 4.06. The SMILES string of the molecule is COc1ccc2ccccc2c1C=NNC(=O)CC(=O)Nc1ccc(Cl)c(Cl)c1. The van der Waals surface area contributed by atoms with Crippen molar-refractivity contribution < 1.29 is 14.3 Å². The number of halogens is 2. The molecule has 2 amide bonds. The number of rotatable bonds is 6. The molecular formula is C21H17Cl2N3O3. The number of benzene rings is 3. The van der Waals surface area contributed by atoms with Crippen molar-refractivity contribution in [2.45, 2.75) is 6.42 Å². The van der Waals surface area contributed by atoms with Crippen LogP contribution in [0.3, 0.4) is 0 Å². The lowest BCUT2D eigenvalue weighted by Crippen LogP contribution is -2.24. The molecule has 0 unspecified atom stereocenters. The van der Waals surface area contributed by atoms with Crippen molar-refractivity contribution >= 4 is 57.7 Å². The molecule has 0 fully saturated rings. The predicted octanol–water partition coefficient (Wildman–Crippen LogP) is 4.63. The summed E-state index contributed by atoms with van der Waals surface area (Å²) in [5, 5.41) is 9.17. The molecule has 3 rings (SSSR count). The van der Waals surface area contributed by atoms with E-state index in [-0.39, 0.29) is 0 Å². The maximum atomic E-state index is 12.0. The molecule has 0 saturated carbocycles. The molecule has 3 aromatic carbocycles. The number of anilines is 1. The normalized spacial score (nSPS) is 10.9. The van der Waals surface area contributed by atoms with Crippen molar-refractivity contribution in [1.82, 2.24) is 5.43 Å². The zero-order valence-corrected chi connectivity index (χ0v) is 16.9. The van der Waals surface area contributed by atoms with E-state index in [1.165, 1.54) is 12.3 Å². The summed E-state index contributed by atoms with van der Waals surface area (Å²) in [6.45, 7) is 0. The molecule has 0 aliphatic carbocycles. The van der Waals surface area contributed by atoms with Gasteiger partial charge >= 0.3 is 0 Å². The second-order valence-electron chi connectivity index (χ2n) is 6.05. The Kier molecular flexibility index (Phi) is 6.69. The number of nitrogens with zero attached hydrogens (tertiary/aromatic N) is 1. The van der Waals surface area contributed by atoms with E-state index in [2.05, 4.69) is 15.8 Å². The number of nitrogens with one attached hydrogen (secondary N) is 2. The van der Waals surface area contributed by atoms with Crippen LogP contribution in [0.5, 0.6) is 5.75 Å². The summed E-state index contributed by atoms with van der Waals surface area (Å²) in [6.07, 6.45) is 1.10. The van der Waals surface area contributed by atoms with Crippen LogP contribution in [0.25, 0.3) is 10.8 Å². The van der Waals surface area contributed by atoms with Gasteiger partial charge in [-0.2, -0.15) is 5.10 Å². The lowest BCUT2D eigenvalue weighted by atomic mass is 10.0. The summed E-state index contributed by atoms with van der Waals surface area (Å²) in [4.78, 5) is 24.0. The van der Waals surface area contributed by atoms with Gasteiger partial charge in [0, 0.05) is 11.3 Å².